The maximum atomic E-state index is 12.4. The molecule has 1 unspecified atom stereocenters. The molecule has 0 aromatic heterocycles. The van der Waals surface area contributed by atoms with Crippen molar-refractivity contribution in [1.82, 2.24) is 9.80 Å². The maximum Gasteiger partial charge on any atom is 0.226 e. The fourth-order valence-corrected chi connectivity index (χ4v) is 5.87. The fraction of sp³-hybridized carbons (Fsp3) is 0.938. The van der Waals surface area contributed by atoms with Crippen LogP contribution < -0.4 is 0 Å². The Morgan fingerprint density at radius 3 is 2.23 bits per heavy atom. The minimum atomic E-state index is -2.97. The van der Waals surface area contributed by atoms with E-state index in [9.17, 15) is 13.2 Å². The molecule has 6 heteroatoms. The van der Waals surface area contributed by atoms with Crippen molar-refractivity contribution in [1.29, 1.82) is 0 Å². The van der Waals surface area contributed by atoms with E-state index in [1.165, 1.54) is 38.6 Å². The van der Waals surface area contributed by atoms with Gasteiger partial charge in [0.25, 0.3) is 0 Å². The van der Waals surface area contributed by atoms with Crippen molar-refractivity contribution in [2.45, 2.75) is 38.5 Å². The first-order chi connectivity index (χ1) is 10.5. The summed E-state index contributed by atoms with van der Waals surface area (Å²) in [4.78, 5) is 16.8. The number of carbonyl (C=O) groups is 1. The molecule has 3 fully saturated rings. The molecule has 2 aliphatic heterocycles. The molecule has 5 nitrogen and oxygen atoms in total. The molecule has 0 radical (unpaired) electrons. The molecule has 3 rings (SSSR count). The van der Waals surface area contributed by atoms with Crippen molar-refractivity contribution >= 4 is 15.7 Å². The average molecular weight is 328 g/mol. The standard InChI is InChI=1S/C16H28N2O3S/c19-16(15-6-11-22(20,21)13-15)18-9-7-17(8-10-18)12-14-4-2-1-3-5-14/h14-15H,1-13H2. The largest absolute Gasteiger partial charge is 0.340 e. The molecule has 0 bridgehead atoms. The summed E-state index contributed by atoms with van der Waals surface area (Å²) in [6.45, 7) is 4.60. The quantitative estimate of drug-likeness (QED) is 0.780. The minimum absolute atomic E-state index is 0.0636. The smallest absolute Gasteiger partial charge is 0.226 e. The lowest BCUT2D eigenvalue weighted by Gasteiger charge is -2.38. The highest BCUT2D eigenvalue weighted by molar-refractivity contribution is 7.91. The van der Waals surface area contributed by atoms with E-state index in [-0.39, 0.29) is 23.3 Å². The van der Waals surface area contributed by atoms with E-state index in [2.05, 4.69) is 4.90 Å². The van der Waals surface area contributed by atoms with Gasteiger partial charge in [0.05, 0.1) is 17.4 Å². The summed E-state index contributed by atoms with van der Waals surface area (Å²) >= 11 is 0. The van der Waals surface area contributed by atoms with Crippen molar-refractivity contribution in [2.24, 2.45) is 11.8 Å². The minimum Gasteiger partial charge on any atom is -0.340 e. The molecule has 1 aliphatic carbocycles. The van der Waals surface area contributed by atoms with Crippen molar-refractivity contribution in [3.05, 3.63) is 0 Å². The molecule has 0 spiro atoms. The Hall–Kier alpha value is -0.620. The van der Waals surface area contributed by atoms with Crippen LogP contribution in [0.3, 0.4) is 0 Å². The molecule has 22 heavy (non-hydrogen) atoms. The number of piperazine rings is 1. The lowest BCUT2D eigenvalue weighted by atomic mass is 9.89. The van der Waals surface area contributed by atoms with Crippen LogP contribution in [0.5, 0.6) is 0 Å². The summed E-state index contributed by atoms with van der Waals surface area (Å²) < 4.78 is 23.0. The molecule has 1 saturated carbocycles. The molecule has 0 aromatic carbocycles. The normalized spacial score (nSPS) is 30.5. The number of nitrogens with zero attached hydrogens (tertiary/aromatic N) is 2. The van der Waals surface area contributed by atoms with Crippen LogP contribution in [0.1, 0.15) is 38.5 Å². The Morgan fingerprint density at radius 2 is 1.64 bits per heavy atom. The van der Waals surface area contributed by atoms with Gasteiger partial charge in [-0.25, -0.2) is 8.42 Å². The van der Waals surface area contributed by atoms with Crippen LogP contribution >= 0.6 is 0 Å². The molecule has 3 aliphatic rings. The summed E-state index contributed by atoms with van der Waals surface area (Å²) in [7, 11) is -2.97. The molecule has 1 atom stereocenters. The van der Waals surface area contributed by atoms with E-state index in [0.717, 1.165) is 32.1 Å². The predicted octanol–water partition coefficient (Wildman–Crippen LogP) is 1.15. The van der Waals surface area contributed by atoms with E-state index in [1.54, 1.807) is 0 Å². The van der Waals surface area contributed by atoms with E-state index >= 15 is 0 Å². The van der Waals surface area contributed by atoms with Gasteiger partial charge in [-0.2, -0.15) is 0 Å². The van der Waals surface area contributed by atoms with E-state index in [4.69, 9.17) is 0 Å². The highest BCUT2D eigenvalue weighted by Crippen LogP contribution is 2.25. The Balaban J connectivity index is 1.44. The van der Waals surface area contributed by atoms with Crippen molar-refractivity contribution < 1.29 is 13.2 Å². The van der Waals surface area contributed by atoms with E-state index < -0.39 is 9.84 Å². The van der Waals surface area contributed by atoms with Crippen LogP contribution in [0, 0.1) is 11.8 Å². The van der Waals surface area contributed by atoms with Crippen LogP contribution in [-0.2, 0) is 14.6 Å². The number of hydrogen-bond donors (Lipinski definition) is 0. The lowest BCUT2D eigenvalue weighted by Crippen LogP contribution is -2.51. The second kappa shape index (κ2) is 6.87. The molecular formula is C16H28N2O3S. The summed E-state index contributed by atoms with van der Waals surface area (Å²) in [5.74, 6) is 0.878. The average Bonchev–Trinajstić information content (AvgIpc) is 2.88. The lowest BCUT2D eigenvalue weighted by molar-refractivity contribution is -0.136. The monoisotopic (exact) mass is 328 g/mol. The predicted molar refractivity (Wildman–Crippen MR) is 86.4 cm³/mol. The zero-order valence-corrected chi connectivity index (χ0v) is 14.2. The second-order valence-electron chi connectivity index (χ2n) is 7.23. The van der Waals surface area contributed by atoms with Crippen LogP contribution in [0.25, 0.3) is 0 Å². The summed E-state index contributed by atoms with van der Waals surface area (Å²) in [6.07, 6.45) is 7.38. The van der Waals surface area contributed by atoms with Gasteiger partial charge < -0.3 is 4.90 Å². The number of amides is 1. The highest BCUT2D eigenvalue weighted by atomic mass is 32.2. The third-order valence-electron chi connectivity index (χ3n) is 5.51. The van der Waals surface area contributed by atoms with Crippen molar-refractivity contribution in [3.8, 4) is 0 Å². The van der Waals surface area contributed by atoms with Gasteiger partial charge in [-0.05, 0) is 25.2 Å². The second-order valence-corrected chi connectivity index (χ2v) is 9.46. The summed E-state index contributed by atoms with van der Waals surface area (Å²) in [5.41, 5.74) is 0. The maximum absolute atomic E-state index is 12.4. The van der Waals surface area contributed by atoms with Gasteiger partial charge in [-0.15, -0.1) is 0 Å². The molecule has 126 valence electrons. The van der Waals surface area contributed by atoms with Crippen LogP contribution in [0.15, 0.2) is 0 Å². The molecule has 2 heterocycles. The van der Waals surface area contributed by atoms with Gasteiger partial charge in [-0.1, -0.05) is 19.3 Å². The van der Waals surface area contributed by atoms with Crippen LogP contribution in [0.4, 0.5) is 0 Å². The van der Waals surface area contributed by atoms with Crippen LogP contribution in [-0.4, -0.2) is 68.4 Å². The molecule has 0 N–H and O–H groups in total. The Labute approximate surface area is 134 Å². The molecule has 1 amide bonds. The highest BCUT2D eigenvalue weighted by Gasteiger charge is 2.36. The number of carbonyl (C=O) groups excluding carboxylic acids is 1. The fourth-order valence-electron chi connectivity index (χ4n) is 4.13. The summed E-state index contributed by atoms with van der Waals surface area (Å²) in [6, 6.07) is 0. The van der Waals surface area contributed by atoms with Crippen molar-refractivity contribution in [3.63, 3.8) is 0 Å². The Bertz CT molecular complexity index is 492. The zero-order valence-electron chi connectivity index (χ0n) is 13.4. The number of hydrogen-bond acceptors (Lipinski definition) is 4. The van der Waals surface area contributed by atoms with Gasteiger partial charge in [0, 0.05) is 32.7 Å². The van der Waals surface area contributed by atoms with Gasteiger partial charge in [0.1, 0.15) is 0 Å². The Morgan fingerprint density at radius 1 is 0.955 bits per heavy atom. The van der Waals surface area contributed by atoms with Gasteiger partial charge >= 0.3 is 0 Å². The number of rotatable bonds is 3. The van der Waals surface area contributed by atoms with E-state index in [1.807, 2.05) is 4.90 Å². The molecule has 2 saturated heterocycles. The zero-order chi connectivity index (χ0) is 15.6. The first-order valence-electron chi connectivity index (χ1n) is 8.75. The van der Waals surface area contributed by atoms with E-state index in [0.29, 0.717) is 6.42 Å². The van der Waals surface area contributed by atoms with Crippen molar-refractivity contribution in [2.75, 3.05) is 44.2 Å². The van der Waals surface area contributed by atoms with Crippen LogP contribution in [0.2, 0.25) is 0 Å². The third kappa shape index (κ3) is 4.02. The third-order valence-corrected chi connectivity index (χ3v) is 7.27. The van der Waals surface area contributed by atoms with Gasteiger partial charge in [-0.3, -0.25) is 9.69 Å². The number of sulfone groups is 1. The van der Waals surface area contributed by atoms with Gasteiger partial charge in [0.2, 0.25) is 5.91 Å². The SMILES string of the molecule is O=C(C1CCS(=O)(=O)C1)N1CCN(CC2CCCCC2)CC1. The summed E-state index contributed by atoms with van der Waals surface area (Å²) in [5, 5.41) is 0. The first kappa shape index (κ1) is 16.2. The first-order valence-corrected chi connectivity index (χ1v) is 10.6. The topological polar surface area (TPSA) is 57.7 Å². The van der Waals surface area contributed by atoms with Gasteiger partial charge in [0.15, 0.2) is 9.84 Å². The Kier molecular flexibility index (Phi) is 5.07. The molecule has 0 aromatic rings. The molecular weight excluding hydrogens is 300 g/mol.